The van der Waals surface area contributed by atoms with Gasteiger partial charge in [-0.2, -0.15) is 0 Å². The third-order valence-electron chi connectivity index (χ3n) is 4.78. The quantitative estimate of drug-likeness (QED) is 0.263. The fraction of sp³-hybridized carbons (Fsp3) is 0.267. The summed E-state index contributed by atoms with van der Waals surface area (Å²) in [4.78, 5) is 8.03. The first kappa shape index (κ1) is 28.6. The lowest BCUT2D eigenvalue weighted by Crippen LogP contribution is -1.84. The Hall–Kier alpha value is -3.40. The Morgan fingerprint density at radius 1 is 0.441 bits per heavy atom. The van der Waals surface area contributed by atoms with Gasteiger partial charge in [0.15, 0.2) is 0 Å². The van der Waals surface area contributed by atoms with Gasteiger partial charge in [-0.3, -0.25) is 9.97 Å². The summed E-state index contributed by atoms with van der Waals surface area (Å²) >= 11 is 0. The van der Waals surface area contributed by atoms with E-state index in [4.69, 9.17) is 0 Å². The Balaban J connectivity index is 0.000000227. The van der Waals surface area contributed by atoms with E-state index in [0.717, 1.165) is 22.5 Å². The van der Waals surface area contributed by atoms with Crippen molar-refractivity contribution in [2.45, 2.75) is 55.4 Å². The van der Waals surface area contributed by atoms with Gasteiger partial charge < -0.3 is 0 Å². The summed E-state index contributed by atoms with van der Waals surface area (Å²) in [6, 6.07) is 18.9. The number of nitrogens with zero attached hydrogens (tertiary/aromatic N) is 2. The SMILES string of the molecule is Cc1ccc(C)c(F)c1.Cc1ccc(C)c(F)c1.Cc1ccc(C)cc1.Cc1cnc(C)cn1. The summed E-state index contributed by atoms with van der Waals surface area (Å²) in [6.07, 6.45) is 3.52. The van der Waals surface area contributed by atoms with Gasteiger partial charge in [-0.15, -0.1) is 0 Å². The van der Waals surface area contributed by atoms with Crippen LogP contribution in [0.15, 0.2) is 73.1 Å². The average Bonchev–Trinajstić information content (AvgIpc) is 2.79. The van der Waals surface area contributed by atoms with Crippen LogP contribution in [0.4, 0.5) is 8.78 Å². The number of hydrogen-bond acceptors (Lipinski definition) is 2. The number of benzene rings is 3. The lowest BCUT2D eigenvalue weighted by Gasteiger charge is -1.94. The topological polar surface area (TPSA) is 25.8 Å². The van der Waals surface area contributed by atoms with Crippen LogP contribution in [0.3, 0.4) is 0 Å². The number of rotatable bonds is 0. The zero-order valence-electron chi connectivity index (χ0n) is 21.6. The van der Waals surface area contributed by atoms with E-state index in [0.29, 0.717) is 11.1 Å². The van der Waals surface area contributed by atoms with E-state index in [1.807, 2.05) is 39.8 Å². The minimum absolute atomic E-state index is 0.116. The molecule has 0 aliphatic rings. The van der Waals surface area contributed by atoms with Gasteiger partial charge in [0, 0.05) is 12.4 Å². The summed E-state index contributed by atoms with van der Waals surface area (Å²) in [5, 5.41) is 0. The Morgan fingerprint density at radius 3 is 0.971 bits per heavy atom. The first-order valence-electron chi connectivity index (χ1n) is 11.2. The lowest BCUT2D eigenvalue weighted by atomic mass is 10.2. The van der Waals surface area contributed by atoms with Crippen molar-refractivity contribution < 1.29 is 8.78 Å². The van der Waals surface area contributed by atoms with Crippen molar-refractivity contribution in [2.75, 3.05) is 0 Å². The van der Waals surface area contributed by atoms with Crippen molar-refractivity contribution in [3.05, 3.63) is 129 Å². The smallest absolute Gasteiger partial charge is 0.126 e. The van der Waals surface area contributed by atoms with Gasteiger partial charge in [0.2, 0.25) is 0 Å². The van der Waals surface area contributed by atoms with Gasteiger partial charge in [0.25, 0.3) is 0 Å². The third-order valence-corrected chi connectivity index (χ3v) is 4.78. The van der Waals surface area contributed by atoms with Crippen LogP contribution in [0.1, 0.15) is 44.8 Å². The molecule has 0 bridgehead atoms. The van der Waals surface area contributed by atoms with Gasteiger partial charge in [0.05, 0.1) is 11.4 Å². The summed E-state index contributed by atoms with van der Waals surface area (Å²) in [6.45, 7) is 15.3. The number of aryl methyl sites for hydroxylation is 8. The van der Waals surface area contributed by atoms with Crippen molar-refractivity contribution >= 4 is 0 Å². The monoisotopic (exact) mass is 462 g/mol. The molecule has 0 amide bonds. The van der Waals surface area contributed by atoms with Crippen molar-refractivity contribution in [3.63, 3.8) is 0 Å². The molecule has 4 aromatic rings. The first-order valence-corrected chi connectivity index (χ1v) is 11.2. The molecular formula is C30H36F2N2. The molecule has 0 unspecified atom stereocenters. The highest BCUT2D eigenvalue weighted by Gasteiger charge is 1.94. The van der Waals surface area contributed by atoms with Crippen LogP contribution in [-0.4, -0.2) is 9.97 Å². The van der Waals surface area contributed by atoms with Crippen LogP contribution < -0.4 is 0 Å². The van der Waals surface area contributed by atoms with E-state index in [2.05, 4.69) is 48.1 Å². The zero-order chi connectivity index (χ0) is 25.7. The van der Waals surface area contributed by atoms with Gasteiger partial charge in [-0.1, -0.05) is 59.7 Å². The molecule has 1 aromatic heterocycles. The molecule has 1 heterocycles. The molecule has 4 rings (SSSR count). The van der Waals surface area contributed by atoms with Crippen LogP contribution in [0.2, 0.25) is 0 Å². The molecule has 0 aliphatic carbocycles. The highest BCUT2D eigenvalue weighted by Crippen LogP contribution is 2.07. The van der Waals surface area contributed by atoms with Crippen LogP contribution in [0.25, 0.3) is 0 Å². The molecule has 0 spiro atoms. The number of aromatic nitrogens is 2. The Kier molecular flexibility index (Phi) is 12.4. The fourth-order valence-corrected chi connectivity index (χ4v) is 2.49. The van der Waals surface area contributed by atoms with Crippen LogP contribution in [0.5, 0.6) is 0 Å². The summed E-state index contributed by atoms with van der Waals surface area (Å²) in [7, 11) is 0. The molecule has 0 fully saturated rings. The maximum Gasteiger partial charge on any atom is 0.126 e. The normalized spacial score (nSPS) is 9.47. The molecular weight excluding hydrogens is 426 g/mol. The molecule has 0 saturated heterocycles. The van der Waals surface area contributed by atoms with Crippen molar-refractivity contribution in [1.29, 1.82) is 0 Å². The molecule has 0 atom stereocenters. The molecule has 0 N–H and O–H groups in total. The highest BCUT2D eigenvalue weighted by atomic mass is 19.1. The van der Waals surface area contributed by atoms with Crippen molar-refractivity contribution in [2.24, 2.45) is 0 Å². The predicted octanol–water partition coefficient (Wildman–Crippen LogP) is 8.28. The molecule has 0 aliphatic heterocycles. The summed E-state index contributed by atoms with van der Waals surface area (Å²) < 4.78 is 25.2. The highest BCUT2D eigenvalue weighted by molar-refractivity contribution is 5.22. The molecule has 2 nitrogen and oxygen atoms in total. The Labute approximate surface area is 203 Å². The van der Waals surface area contributed by atoms with E-state index in [-0.39, 0.29) is 11.6 Å². The van der Waals surface area contributed by atoms with Gasteiger partial charge in [-0.05, 0) is 89.8 Å². The van der Waals surface area contributed by atoms with E-state index in [1.165, 1.54) is 23.3 Å². The van der Waals surface area contributed by atoms with E-state index in [9.17, 15) is 8.78 Å². The van der Waals surface area contributed by atoms with Crippen LogP contribution >= 0.6 is 0 Å². The molecule has 0 radical (unpaired) electrons. The van der Waals surface area contributed by atoms with Crippen molar-refractivity contribution in [1.82, 2.24) is 9.97 Å². The maximum absolute atomic E-state index is 12.6. The molecule has 4 heteroatoms. The average molecular weight is 463 g/mol. The summed E-state index contributed by atoms with van der Waals surface area (Å²) in [5.74, 6) is -0.231. The molecule has 34 heavy (non-hydrogen) atoms. The minimum atomic E-state index is -0.116. The third kappa shape index (κ3) is 12.0. The zero-order valence-corrected chi connectivity index (χ0v) is 21.6. The second-order valence-corrected chi connectivity index (χ2v) is 8.46. The predicted molar refractivity (Wildman–Crippen MR) is 139 cm³/mol. The van der Waals surface area contributed by atoms with Crippen LogP contribution in [0, 0.1) is 67.0 Å². The fourth-order valence-electron chi connectivity index (χ4n) is 2.49. The lowest BCUT2D eigenvalue weighted by molar-refractivity contribution is 0.617. The largest absolute Gasteiger partial charge is 0.258 e. The summed E-state index contributed by atoms with van der Waals surface area (Å²) in [5.41, 5.74) is 7.95. The number of hydrogen-bond donors (Lipinski definition) is 0. The maximum atomic E-state index is 12.6. The minimum Gasteiger partial charge on any atom is -0.258 e. The first-order chi connectivity index (χ1) is 16.0. The Bertz CT molecular complexity index is 1000. The molecule has 3 aromatic carbocycles. The molecule has 0 saturated carbocycles. The molecule has 180 valence electrons. The van der Waals surface area contributed by atoms with Gasteiger partial charge in [-0.25, -0.2) is 8.78 Å². The van der Waals surface area contributed by atoms with E-state index in [1.54, 1.807) is 38.4 Å². The van der Waals surface area contributed by atoms with Crippen molar-refractivity contribution in [3.8, 4) is 0 Å². The van der Waals surface area contributed by atoms with E-state index < -0.39 is 0 Å². The van der Waals surface area contributed by atoms with Gasteiger partial charge in [0.1, 0.15) is 11.6 Å². The second kappa shape index (κ2) is 14.7. The van der Waals surface area contributed by atoms with Crippen LogP contribution in [-0.2, 0) is 0 Å². The standard InChI is InChI=1S/2C8H9F.C8H10.C6H8N2/c2*1-6-3-4-7(2)8(9)5-6;1-7-3-5-8(2)6-4-7;1-5-3-8-6(2)4-7-5/h2*3-5H,1-2H3;3-6H,1-2H3;3-4H,1-2H3. The second-order valence-electron chi connectivity index (χ2n) is 8.46. The van der Waals surface area contributed by atoms with E-state index >= 15 is 0 Å². The van der Waals surface area contributed by atoms with Gasteiger partial charge >= 0.3 is 0 Å². The Morgan fingerprint density at radius 2 is 0.735 bits per heavy atom. The number of halogens is 2.